The number of halogens is 2. The van der Waals surface area contributed by atoms with Crippen molar-refractivity contribution in [3.05, 3.63) is 71.7 Å². The number of hydrogen-bond donors (Lipinski definition) is 4. The maximum absolute atomic E-state index is 14.3. The minimum absolute atomic E-state index is 0.0446. The number of benzene rings is 1. The molecule has 4 atom stereocenters. The summed E-state index contributed by atoms with van der Waals surface area (Å²) in [7, 11) is 0. The zero-order valence-electron chi connectivity index (χ0n) is 19.5. The summed E-state index contributed by atoms with van der Waals surface area (Å²) in [6, 6.07) is 7.95. The number of anilines is 2. The van der Waals surface area contributed by atoms with Crippen LogP contribution in [0, 0.1) is 17.6 Å². The Labute approximate surface area is 202 Å². The van der Waals surface area contributed by atoms with E-state index >= 15 is 0 Å². The summed E-state index contributed by atoms with van der Waals surface area (Å²) in [6.45, 7) is 3.74. The first-order valence-electron chi connectivity index (χ1n) is 11.5. The van der Waals surface area contributed by atoms with Gasteiger partial charge in [-0.1, -0.05) is 19.9 Å². The number of rotatable bonds is 5. The topological polar surface area (TPSA) is 121 Å². The van der Waals surface area contributed by atoms with Crippen molar-refractivity contribution in [2.75, 3.05) is 11.1 Å². The molecule has 3 aromatic rings. The standard InChI is InChI=1S/C26H28F2N4O3/c1-3-26(35)14(2)11-15(12-22(26)33)16-9-10-30-13-21(16)32-25(34)24-19(29)7-8-20(31-24)23-17(27)5-4-6-18(23)28/h4-10,13-15,22,33,35H,3,11-12,29H2,1-2H3,(H,32,34)/t14-,15+,22+,26+/m0/s1. The van der Waals surface area contributed by atoms with E-state index in [1.54, 1.807) is 12.3 Å². The molecule has 0 aliphatic heterocycles. The summed E-state index contributed by atoms with van der Waals surface area (Å²) in [6.07, 6.45) is 3.54. The molecule has 0 unspecified atom stereocenters. The van der Waals surface area contributed by atoms with E-state index in [0.29, 0.717) is 24.9 Å². The Morgan fingerprint density at radius 2 is 1.91 bits per heavy atom. The summed E-state index contributed by atoms with van der Waals surface area (Å²) in [5.41, 5.74) is 5.43. The van der Waals surface area contributed by atoms with Crippen LogP contribution in [0.2, 0.25) is 0 Å². The average molecular weight is 483 g/mol. The molecular formula is C26H28F2N4O3. The van der Waals surface area contributed by atoms with Crippen molar-refractivity contribution in [2.45, 2.75) is 50.7 Å². The highest BCUT2D eigenvalue weighted by Gasteiger charge is 2.45. The van der Waals surface area contributed by atoms with Gasteiger partial charge in [0.05, 0.1) is 40.5 Å². The second-order valence-electron chi connectivity index (χ2n) is 9.08. The molecule has 4 rings (SSSR count). The van der Waals surface area contributed by atoms with E-state index in [4.69, 9.17) is 5.73 Å². The number of pyridine rings is 2. The maximum atomic E-state index is 14.3. The number of nitrogen functional groups attached to an aromatic ring is 1. The molecule has 1 aliphatic carbocycles. The van der Waals surface area contributed by atoms with E-state index in [9.17, 15) is 23.8 Å². The maximum Gasteiger partial charge on any atom is 0.276 e. The Morgan fingerprint density at radius 1 is 1.20 bits per heavy atom. The van der Waals surface area contributed by atoms with Gasteiger partial charge < -0.3 is 21.3 Å². The number of hydrogen-bond acceptors (Lipinski definition) is 6. The van der Waals surface area contributed by atoms with Crippen LogP contribution in [-0.4, -0.2) is 37.8 Å². The van der Waals surface area contributed by atoms with Gasteiger partial charge in [-0.05, 0) is 67.0 Å². The van der Waals surface area contributed by atoms with E-state index in [1.165, 1.54) is 24.4 Å². The smallest absolute Gasteiger partial charge is 0.276 e. The molecule has 2 heterocycles. The first-order chi connectivity index (χ1) is 16.7. The monoisotopic (exact) mass is 482 g/mol. The number of nitrogens with two attached hydrogens (primary N) is 1. The third-order valence-corrected chi connectivity index (χ3v) is 7.05. The predicted molar refractivity (Wildman–Crippen MR) is 129 cm³/mol. The van der Waals surface area contributed by atoms with Crippen molar-refractivity contribution in [3.63, 3.8) is 0 Å². The second kappa shape index (κ2) is 9.67. The molecular weight excluding hydrogens is 454 g/mol. The van der Waals surface area contributed by atoms with Crippen molar-refractivity contribution in [1.82, 2.24) is 9.97 Å². The van der Waals surface area contributed by atoms with Crippen molar-refractivity contribution in [1.29, 1.82) is 0 Å². The number of amides is 1. The van der Waals surface area contributed by atoms with Gasteiger partial charge in [0, 0.05) is 6.20 Å². The number of aliphatic hydroxyl groups excluding tert-OH is 1. The van der Waals surface area contributed by atoms with Crippen molar-refractivity contribution < 1.29 is 23.8 Å². The summed E-state index contributed by atoms with van der Waals surface area (Å²) in [5, 5.41) is 24.2. The average Bonchev–Trinajstić information content (AvgIpc) is 2.83. The summed E-state index contributed by atoms with van der Waals surface area (Å²) in [4.78, 5) is 21.4. The number of carbonyl (C=O) groups is 1. The Hall–Kier alpha value is -3.43. The second-order valence-corrected chi connectivity index (χ2v) is 9.08. The minimum Gasteiger partial charge on any atom is -0.397 e. The SMILES string of the molecule is CC[C@]1(O)[C@H](O)C[C@H](c2ccncc2NC(=O)c2nc(-c3c(F)cccc3F)ccc2N)C[C@@H]1C. The number of carbonyl (C=O) groups excluding carboxylic acids is 1. The first kappa shape index (κ1) is 24.7. The molecule has 1 amide bonds. The summed E-state index contributed by atoms with van der Waals surface area (Å²) in [5.74, 6) is -2.57. The Balaban J connectivity index is 1.63. The van der Waals surface area contributed by atoms with Gasteiger partial charge in [0.25, 0.3) is 5.91 Å². The molecule has 0 saturated heterocycles. The van der Waals surface area contributed by atoms with E-state index < -0.39 is 29.2 Å². The van der Waals surface area contributed by atoms with Crippen LogP contribution in [0.1, 0.15) is 55.1 Å². The molecule has 0 bridgehead atoms. The minimum atomic E-state index is -1.16. The Kier molecular flexibility index (Phi) is 6.82. The van der Waals surface area contributed by atoms with Crippen LogP contribution in [0.4, 0.5) is 20.2 Å². The van der Waals surface area contributed by atoms with Gasteiger partial charge in [-0.15, -0.1) is 0 Å². The summed E-state index contributed by atoms with van der Waals surface area (Å²) < 4.78 is 28.5. The van der Waals surface area contributed by atoms with E-state index in [-0.39, 0.29) is 34.5 Å². The van der Waals surface area contributed by atoms with Crippen LogP contribution in [0.5, 0.6) is 0 Å². The molecule has 7 nitrogen and oxygen atoms in total. The highest BCUT2D eigenvalue weighted by atomic mass is 19.1. The molecule has 1 fully saturated rings. The van der Waals surface area contributed by atoms with Crippen LogP contribution in [0.15, 0.2) is 48.8 Å². The van der Waals surface area contributed by atoms with Crippen LogP contribution < -0.4 is 11.1 Å². The van der Waals surface area contributed by atoms with Gasteiger partial charge in [-0.25, -0.2) is 13.8 Å². The zero-order chi connectivity index (χ0) is 25.3. The van der Waals surface area contributed by atoms with Crippen LogP contribution in [0.3, 0.4) is 0 Å². The fourth-order valence-electron chi connectivity index (χ4n) is 4.95. The number of nitrogens with one attached hydrogen (secondary N) is 1. The lowest BCUT2D eigenvalue weighted by atomic mass is 9.67. The lowest BCUT2D eigenvalue weighted by molar-refractivity contribution is -0.138. The normalized spacial score (nSPS) is 24.2. The van der Waals surface area contributed by atoms with Crippen molar-refractivity contribution in [3.8, 4) is 11.3 Å². The molecule has 1 aromatic carbocycles. The van der Waals surface area contributed by atoms with Crippen molar-refractivity contribution >= 4 is 17.3 Å². The molecule has 9 heteroatoms. The zero-order valence-corrected chi connectivity index (χ0v) is 19.5. The van der Waals surface area contributed by atoms with Gasteiger partial charge in [0.2, 0.25) is 0 Å². The van der Waals surface area contributed by atoms with Gasteiger partial charge in [0.15, 0.2) is 5.69 Å². The van der Waals surface area contributed by atoms with E-state index in [0.717, 1.165) is 17.7 Å². The third-order valence-electron chi connectivity index (χ3n) is 7.05. The molecule has 0 radical (unpaired) electrons. The Bertz CT molecular complexity index is 1220. The Morgan fingerprint density at radius 3 is 2.57 bits per heavy atom. The van der Waals surface area contributed by atoms with E-state index in [1.807, 2.05) is 13.8 Å². The van der Waals surface area contributed by atoms with Gasteiger partial charge in [0.1, 0.15) is 11.6 Å². The molecule has 0 spiro atoms. The summed E-state index contributed by atoms with van der Waals surface area (Å²) >= 11 is 0. The lowest BCUT2D eigenvalue weighted by Gasteiger charge is -2.45. The number of aromatic nitrogens is 2. The molecule has 1 saturated carbocycles. The van der Waals surface area contributed by atoms with Gasteiger partial charge in [-0.3, -0.25) is 9.78 Å². The highest BCUT2D eigenvalue weighted by Crippen LogP contribution is 2.45. The number of aliphatic hydroxyl groups is 2. The third kappa shape index (κ3) is 4.61. The quantitative estimate of drug-likeness (QED) is 0.431. The molecule has 5 N–H and O–H groups in total. The van der Waals surface area contributed by atoms with Crippen LogP contribution in [-0.2, 0) is 0 Å². The fraction of sp³-hybridized carbons (Fsp3) is 0.346. The van der Waals surface area contributed by atoms with Gasteiger partial charge in [-0.2, -0.15) is 0 Å². The molecule has 1 aliphatic rings. The fourth-order valence-corrected chi connectivity index (χ4v) is 4.95. The van der Waals surface area contributed by atoms with Crippen molar-refractivity contribution in [2.24, 2.45) is 5.92 Å². The van der Waals surface area contributed by atoms with Crippen LogP contribution in [0.25, 0.3) is 11.3 Å². The largest absolute Gasteiger partial charge is 0.397 e. The van der Waals surface area contributed by atoms with E-state index in [2.05, 4.69) is 15.3 Å². The predicted octanol–water partition coefficient (Wildman–Crippen LogP) is 4.27. The molecule has 35 heavy (non-hydrogen) atoms. The highest BCUT2D eigenvalue weighted by molar-refractivity contribution is 6.06. The molecule has 184 valence electrons. The first-order valence-corrected chi connectivity index (χ1v) is 11.5. The number of nitrogens with zero attached hydrogens (tertiary/aromatic N) is 2. The van der Waals surface area contributed by atoms with Gasteiger partial charge >= 0.3 is 0 Å². The van der Waals surface area contributed by atoms with Crippen LogP contribution >= 0.6 is 0 Å². The lowest BCUT2D eigenvalue weighted by Crippen LogP contribution is -2.51. The molecule has 2 aromatic heterocycles.